The highest BCUT2D eigenvalue weighted by Crippen LogP contribution is 2.34. The molecular formula is C18H40N2O. The minimum absolute atomic E-state index is 0. The van der Waals surface area contributed by atoms with Gasteiger partial charge in [-0.1, -0.05) is 41.0 Å². The largest absolute Gasteiger partial charge is 0.381 e. The fourth-order valence-corrected chi connectivity index (χ4v) is 3.30. The summed E-state index contributed by atoms with van der Waals surface area (Å²) in [6.07, 6.45) is 7.85. The van der Waals surface area contributed by atoms with Gasteiger partial charge in [0.2, 0.25) is 0 Å². The van der Waals surface area contributed by atoms with E-state index in [1.807, 2.05) is 34.8 Å². The molecule has 0 spiro atoms. The number of nitrogens with one attached hydrogen (secondary N) is 2. The van der Waals surface area contributed by atoms with E-state index in [0.29, 0.717) is 12.1 Å². The summed E-state index contributed by atoms with van der Waals surface area (Å²) in [4.78, 5) is 0. The summed E-state index contributed by atoms with van der Waals surface area (Å²) in [6.45, 7) is 12.5. The Morgan fingerprint density at radius 3 is 2.38 bits per heavy atom. The van der Waals surface area contributed by atoms with E-state index in [1.54, 1.807) is 5.57 Å². The molecule has 1 aliphatic carbocycles. The van der Waals surface area contributed by atoms with Crippen LogP contribution in [0, 0.1) is 5.92 Å². The van der Waals surface area contributed by atoms with Crippen LogP contribution in [0.4, 0.5) is 0 Å². The highest BCUT2D eigenvalue weighted by molar-refractivity contribution is 5.19. The summed E-state index contributed by atoms with van der Waals surface area (Å²) < 4.78 is 5.54. The Balaban J connectivity index is 0. The summed E-state index contributed by atoms with van der Waals surface area (Å²) in [5, 5.41) is 0. The number of hydrogen-bond acceptors (Lipinski definition) is 3. The van der Waals surface area contributed by atoms with E-state index in [2.05, 4.69) is 24.7 Å². The van der Waals surface area contributed by atoms with Crippen molar-refractivity contribution in [3.05, 3.63) is 11.3 Å². The summed E-state index contributed by atoms with van der Waals surface area (Å²) in [5.41, 5.74) is 9.78. The zero-order chi connectivity index (χ0) is 16.3. The van der Waals surface area contributed by atoms with Crippen molar-refractivity contribution in [3.8, 4) is 0 Å². The third-order valence-electron chi connectivity index (χ3n) is 4.41. The first-order valence-corrected chi connectivity index (χ1v) is 9.00. The molecule has 0 aromatic heterocycles. The molecule has 128 valence electrons. The van der Waals surface area contributed by atoms with Crippen molar-refractivity contribution < 1.29 is 6.16 Å². The topological polar surface area (TPSA) is 33.3 Å². The molecule has 0 aromatic rings. The SMILES string of the molecule is CC.CC.CCC1NNC(C)=C2CCC(OC)CCCC21.[HH]. The lowest BCUT2D eigenvalue weighted by molar-refractivity contribution is 0.0783. The van der Waals surface area contributed by atoms with Crippen LogP contribution in [0.15, 0.2) is 11.3 Å². The number of fused-ring (bicyclic) bond motifs is 1. The smallest absolute Gasteiger partial charge is 0.0574 e. The summed E-state index contributed by atoms with van der Waals surface area (Å²) in [7, 11) is 1.85. The van der Waals surface area contributed by atoms with Gasteiger partial charge in [-0.05, 0) is 50.5 Å². The van der Waals surface area contributed by atoms with Crippen molar-refractivity contribution in [1.29, 1.82) is 0 Å². The van der Waals surface area contributed by atoms with Gasteiger partial charge >= 0.3 is 0 Å². The lowest BCUT2D eigenvalue weighted by atomic mass is 9.79. The van der Waals surface area contributed by atoms with Crippen LogP contribution in [0.2, 0.25) is 0 Å². The summed E-state index contributed by atoms with van der Waals surface area (Å²) >= 11 is 0. The monoisotopic (exact) mass is 300 g/mol. The molecule has 0 bridgehead atoms. The van der Waals surface area contributed by atoms with E-state index >= 15 is 0 Å². The van der Waals surface area contributed by atoms with E-state index in [9.17, 15) is 0 Å². The molecule has 1 fully saturated rings. The molecule has 0 radical (unpaired) electrons. The number of methoxy groups -OCH3 is 1. The lowest BCUT2D eigenvalue weighted by Gasteiger charge is -2.38. The minimum atomic E-state index is 0. The third-order valence-corrected chi connectivity index (χ3v) is 4.41. The van der Waals surface area contributed by atoms with E-state index in [4.69, 9.17) is 4.74 Å². The second-order valence-electron chi connectivity index (χ2n) is 5.37. The quantitative estimate of drug-likeness (QED) is 0.749. The maximum Gasteiger partial charge on any atom is 0.0574 e. The average Bonchev–Trinajstić information content (AvgIpc) is 2.53. The van der Waals surface area contributed by atoms with Crippen LogP contribution in [0.25, 0.3) is 0 Å². The molecule has 2 N–H and O–H groups in total. The molecule has 2 aliphatic rings. The molecule has 1 aliphatic heterocycles. The first-order chi connectivity index (χ1) is 10.3. The minimum Gasteiger partial charge on any atom is -0.381 e. The number of hydrazine groups is 1. The van der Waals surface area contributed by atoms with E-state index in [1.165, 1.54) is 44.2 Å². The lowest BCUT2D eigenvalue weighted by Crippen LogP contribution is -2.49. The zero-order valence-electron chi connectivity index (χ0n) is 15.4. The van der Waals surface area contributed by atoms with E-state index in [0.717, 1.165) is 5.92 Å². The van der Waals surface area contributed by atoms with Crippen molar-refractivity contribution in [2.45, 2.75) is 92.2 Å². The highest BCUT2D eigenvalue weighted by atomic mass is 16.5. The molecule has 3 unspecified atom stereocenters. The number of hydrogen-bond donors (Lipinski definition) is 2. The molecule has 3 heteroatoms. The van der Waals surface area contributed by atoms with Gasteiger partial charge in [0, 0.05) is 20.3 Å². The summed E-state index contributed by atoms with van der Waals surface area (Å²) in [6, 6.07) is 0.604. The Morgan fingerprint density at radius 2 is 1.81 bits per heavy atom. The standard InChI is InChI=1S/C14H26N2O.2C2H6.H2/c1-4-14-13-7-5-6-11(17-3)8-9-12(13)10(2)15-16-14;2*1-2;/h11,13-16H,4-9H2,1-3H3;2*1-2H3;1H. The molecule has 2 rings (SSSR count). The first-order valence-electron chi connectivity index (χ1n) is 9.00. The van der Waals surface area contributed by atoms with Gasteiger partial charge in [0.25, 0.3) is 0 Å². The second-order valence-corrected chi connectivity index (χ2v) is 5.37. The number of allylic oxidation sites excluding steroid dienone is 1. The normalized spacial score (nSPS) is 28.6. The van der Waals surface area contributed by atoms with Crippen molar-refractivity contribution in [2.75, 3.05) is 7.11 Å². The van der Waals surface area contributed by atoms with Crippen LogP contribution < -0.4 is 10.9 Å². The van der Waals surface area contributed by atoms with Crippen LogP contribution in [0.1, 0.15) is 81.5 Å². The van der Waals surface area contributed by atoms with Crippen molar-refractivity contribution in [3.63, 3.8) is 0 Å². The Labute approximate surface area is 134 Å². The van der Waals surface area contributed by atoms with Crippen molar-refractivity contribution in [1.82, 2.24) is 10.9 Å². The summed E-state index contributed by atoms with van der Waals surface area (Å²) in [5.74, 6) is 0.735. The Morgan fingerprint density at radius 1 is 1.14 bits per heavy atom. The maximum absolute atomic E-state index is 5.54. The Kier molecular flexibility index (Phi) is 11.7. The van der Waals surface area contributed by atoms with Crippen molar-refractivity contribution in [2.24, 2.45) is 5.92 Å². The van der Waals surface area contributed by atoms with Gasteiger partial charge in [-0.15, -0.1) is 0 Å². The Bertz CT molecular complexity index is 295. The average molecular weight is 301 g/mol. The van der Waals surface area contributed by atoms with Gasteiger partial charge < -0.3 is 10.2 Å². The van der Waals surface area contributed by atoms with Gasteiger partial charge in [0.15, 0.2) is 0 Å². The fraction of sp³-hybridized carbons (Fsp3) is 0.889. The van der Waals surface area contributed by atoms with Gasteiger partial charge in [0.1, 0.15) is 0 Å². The van der Waals surface area contributed by atoms with Crippen LogP contribution in [0.3, 0.4) is 0 Å². The highest BCUT2D eigenvalue weighted by Gasteiger charge is 2.30. The third kappa shape index (κ3) is 5.99. The molecule has 3 atom stereocenters. The first kappa shape index (κ1) is 20.5. The van der Waals surface area contributed by atoms with Crippen LogP contribution in [0.5, 0.6) is 0 Å². The number of ether oxygens (including phenoxy) is 1. The van der Waals surface area contributed by atoms with Gasteiger partial charge in [-0.2, -0.15) is 0 Å². The zero-order valence-corrected chi connectivity index (χ0v) is 15.4. The fourth-order valence-electron chi connectivity index (χ4n) is 3.30. The predicted molar refractivity (Wildman–Crippen MR) is 95.2 cm³/mol. The van der Waals surface area contributed by atoms with Gasteiger partial charge in [-0.3, -0.25) is 0 Å². The molecule has 0 aromatic carbocycles. The molecule has 1 saturated carbocycles. The van der Waals surface area contributed by atoms with Crippen LogP contribution in [-0.2, 0) is 4.74 Å². The van der Waals surface area contributed by atoms with Crippen molar-refractivity contribution >= 4 is 0 Å². The Hall–Kier alpha value is -0.540. The maximum atomic E-state index is 5.54. The van der Waals surface area contributed by atoms with Gasteiger partial charge in [0.05, 0.1) is 6.10 Å². The second kappa shape index (κ2) is 12.0. The molecule has 0 amide bonds. The molecule has 1 heterocycles. The molecule has 21 heavy (non-hydrogen) atoms. The molecule has 3 nitrogen and oxygen atoms in total. The van der Waals surface area contributed by atoms with Gasteiger partial charge in [-0.25, -0.2) is 5.43 Å². The van der Waals surface area contributed by atoms with Crippen LogP contribution in [-0.4, -0.2) is 19.3 Å². The number of rotatable bonds is 2. The van der Waals surface area contributed by atoms with E-state index < -0.39 is 0 Å². The van der Waals surface area contributed by atoms with Crippen LogP contribution >= 0.6 is 0 Å². The van der Waals surface area contributed by atoms with E-state index in [-0.39, 0.29) is 1.43 Å². The molecule has 0 saturated heterocycles. The molecular weight excluding hydrogens is 260 g/mol. The predicted octanol–water partition coefficient (Wildman–Crippen LogP) is 5.04.